The molecule has 196 valence electrons. The number of thiophene rings is 4. The van der Waals surface area contributed by atoms with Gasteiger partial charge in [-0.15, -0.1) is 45.3 Å². The van der Waals surface area contributed by atoms with Gasteiger partial charge >= 0.3 is 0 Å². The molecule has 6 nitrogen and oxygen atoms in total. The zero-order valence-corrected chi connectivity index (χ0v) is 25.1. The molecule has 0 unspecified atom stereocenters. The zero-order valence-electron chi connectivity index (χ0n) is 20.2. The van der Waals surface area contributed by atoms with Crippen LogP contribution >= 0.6 is 45.3 Å². The highest BCUT2D eigenvalue weighted by Crippen LogP contribution is 2.36. The fourth-order valence-electron chi connectivity index (χ4n) is 3.48. The van der Waals surface area contributed by atoms with Crippen molar-refractivity contribution in [3.63, 3.8) is 0 Å². The van der Waals surface area contributed by atoms with Crippen LogP contribution in [-0.4, -0.2) is 24.8 Å². The zero-order chi connectivity index (χ0) is 26.9. The Bertz CT molecular complexity index is 1730. The Balaban J connectivity index is 0.000000155. The van der Waals surface area contributed by atoms with Crippen LogP contribution < -0.4 is 0 Å². The van der Waals surface area contributed by atoms with E-state index < -0.39 is 20.0 Å². The second-order valence-corrected chi connectivity index (χ2v) is 17.0. The number of hydrogen-bond donors (Lipinski definition) is 0. The Hall–Kier alpha value is -2.74. The molecule has 0 amide bonds. The molecular weight excluding hydrogens is 597 g/mol. The van der Waals surface area contributed by atoms with Gasteiger partial charge < -0.3 is 0 Å². The van der Waals surface area contributed by atoms with Crippen LogP contribution in [0.3, 0.4) is 0 Å². The van der Waals surface area contributed by atoms with Crippen molar-refractivity contribution < 1.29 is 16.8 Å². The number of nitrogens with zero attached hydrogens (tertiary/aromatic N) is 2. The smallest absolute Gasteiger partial charge is 0.248 e. The Kier molecular flexibility index (Phi) is 7.63. The molecule has 0 aliphatic rings. The highest BCUT2D eigenvalue weighted by Gasteiger charge is 2.20. The van der Waals surface area contributed by atoms with Gasteiger partial charge in [-0.2, -0.15) is 16.8 Å². The van der Waals surface area contributed by atoms with Crippen LogP contribution in [0.1, 0.15) is 9.75 Å². The third-order valence-electron chi connectivity index (χ3n) is 5.35. The molecule has 6 rings (SSSR count). The average molecular weight is 619 g/mol. The molecule has 0 aliphatic carbocycles. The topological polar surface area (TPSA) is 78.1 Å². The molecule has 0 saturated heterocycles. The predicted molar refractivity (Wildman–Crippen MR) is 159 cm³/mol. The lowest BCUT2D eigenvalue weighted by Crippen LogP contribution is -2.08. The lowest BCUT2D eigenvalue weighted by molar-refractivity contribution is 0.588. The minimum Gasteiger partial charge on any atom is -0.248 e. The first kappa shape index (κ1) is 26.9. The highest BCUT2D eigenvalue weighted by molar-refractivity contribution is 7.92. The summed E-state index contributed by atoms with van der Waals surface area (Å²) in [5.41, 5.74) is 0. The second-order valence-electron chi connectivity index (χ2n) is 8.09. The van der Waals surface area contributed by atoms with Crippen molar-refractivity contribution in [2.75, 3.05) is 0 Å². The Labute approximate surface area is 237 Å². The van der Waals surface area contributed by atoms with E-state index in [1.54, 1.807) is 83.9 Å². The molecule has 0 bridgehead atoms. The van der Waals surface area contributed by atoms with Gasteiger partial charge in [0.05, 0.1) is 0 Å². The number of hydrogen-bond acceptors (Lipinski definition) is 8. The van der Waals surface area contributed by atoms with Gasteiger partial charge in [0.15, 0.2) is 0 Å². The van der Waals surface area contributed by atoms with Crippen molar-refractivity contribution in [2.24, 2.45) is 0 Å². The van der Waals surface area contributed by atoms with Gasteiger partial charge in [0, 0.05) is 54.1 Å². The van der Waals surface area contributed by atoms with Gasteiger partial charge in [-0.05, 0) is 86.6 Å². The van der Waals surface area contributed by atoms with Crippen molar-refractivity contribution in [3.8, 4) is 19.5 Å². The quantitative estimate of drug-likeness (QED) is 0.192. The first-order chi connectivity index (χ1) is 18.1. The van der Waals surface area contributed by atoms with E-state index >= 15 is 0 Å². The molecule has 0 saturated carbocycles. The van der Waals surface area contributed by atoms with E-state index in [1.807, 2.05) is 50.2 Å². The fourth-order valence-corrected chi connectivity index (χ4v) is 10.6. The Morgan fingerprint density at radius 3 is 1.11 bits per heavy atom. The summed E-state index contributed by atoms with van der Waals surface area (Å²) in [7, 11) is -6.87. The van der Waals surface area contributed by atoms with Crippen LogP contribution in [0, 0.1) is 13.8 Å². The fraction of sp³-hybridized carbons (Fsp3) is 0.0769. The average Bonchev–Trinajstić information content (AvgIpc) is 3.73. The molecule has 0 atom stereocenters. The molecule has 0 N–H and O–H groups in total. The molecular formula is C26H22N2O4S6. The maximum absolute atomic E-state index is 12.3. The molecule has 6 aromatic heterocycles. The van der Waals surface area contributed by atoms with Gasteiger partial charge in [-0.25, -0.2) is 7.94 Å². The minimum absolute atomic E-state index is 0.366. The SMILES string of the molecule is Cc1ccc(-c2ccc(S(=O)(=O)n3cccc3)s2)s1.Cc1ccc(-c2ccc(S(=O)(=O)n3cccc3)s2)s1. The normalized spacial score (nSPS) is 11.8. The number of rotatable bonds is 6. The molecule has 0 fully saturated rings. The van der Waals surface area contributed by atoms with Crippen LogP contribution in [0.15, 0.2) is 106 Å². The van der Waals surface area contributed by atoms with E-state index in [2.05, 4.69) is 0 Å². The summed E-state index contributed by atoms with van der Waals surface area (Å²) in [6, 6.07) is 22.0. The van der Waals surface area contributed by atoms with E-state index in [1.165, 1.54) is 40.4 Å². The summed E-state index contributed by atoms with van der Waals surface area (Å²) in [6.45, 7) is 4.08. The maximum atomic E-state index is 12.3. The molecule has 6 heterocycles. The molecule has 0 aliphatic heterocycles. The largest absolute Gasteiger partial charge is 0.277 e. The van der Waals surface area contributed by atoms with Crippen LogP contribution in [0.2, 0.25) is 0 Å². The first-order valence-electron chi connectivity index (χ1n) is 11.2. The van der Waals surface area contributed by atoms with E-state index in [-0.39, 0.29) is 0 Å². The summed E-state index contributed by atoms with van der Waals surface area (Å²) in [6.07, 6.45) is 6.18. The Morgan fingerprint density at radius 2 is 0.789 bits per heavy atom. The van der Waals surface area contributed by atoms with Crippen molar-refractivity contribution in [3.05, 3.63) is 107 Å². The van der Waals surface area contributed by atoms with Gasteiger partial charge in [0.2, 0.25) is 0 Å². The van der Waals surface area contributed by atoms with Crippen LogP contribution in [-0.2, 0) is 20.0 Å². The lowest BCUT2D eigenvalue weighted by Gasteiger charge is -2.01. The summed E-state index contributed by atoms with van der Waals surface area (Å²) in [5, 5.41) is 0. The Morgan fingerprint density at radius 1 is 0.474 bits per heavy atom. The van der Waals surface area contributed by atoms with E-state index in [0.29, 0.717) is 8.42 Å². The summed E-state index contributed by atoms with van der Waals surface area (Å²) in [4.78, 5) is 6.64. The van der Waals surface area contributed by atoms with E-state index in [4.69, 9.17) is 0 Å². The van der Waals surface area contributed by atoms with E-state index in [9.17, 15) is 16.8 Å². The predicted octanol–water partition coefficient (Wildman–Crippen LogP) is 7.65. The van der Waals surface area contributed by atoms with Crippen LogP contribution in [0.4, 0.5) is 0 Å². The number of aromatic nitrogens is 2. The molecule has 0 aromatic carbocycles. The summed E-state index contributed by atoms with van der Waals surface area (Å²) in [5.74, 6) is 0. The monoisotopic (exact) mass is 618 g/mol. The third-order valence-corrected chi connectivity index (χ3v) is 14.1. The van der Waals surface area contributed by atoms with E-state index in [0.717, 1.165) is 19.5 Å². The van der Waals surface area contributed by atoms with Crippen molar-refractivity contribution in [1.82, 2.24) is 7.94 Å². The summed E-state index contributed by atoms with van der Waals surface area (Å²) >= 11 is 5.95. The lowest BCUT2D eigenvalue weighted by atomic mass is 10.4. The molecule has 0 spiro atoms. The van der Waals surface area contributed by atoms with Crippen molar-refractivity contribution >= 4 is 65.4 Å². The van der Waals surface area contributed by atoms with Gasteiger partial charge in [0.25, 0.3) is 20.0 Å². The standard InChI is InChI=1S/2C13H11NO2S3/c2*1-10-4-5-11(17-10)12-6-7-13(18-12)19(15,16)14-8-2-3-9-14/h2*2-9H,1H3. The third kappa shape index (κ3) is 5.51. The van der Waals surface area contributed by atoms with Gasteiger partial charge in [0.1, 0.15) is 8.42 Å². The maximum Gasteiger partial charge on any atom is 0.277 e. The molecule has 38 heavy (non-hydrogen) atoms. The highest BCUT2D eigenvalue weighted by atomic mass is 32.3. The summed E-state index contributed by atoms with van der Waals surface area (Å²) < 4.78 is 52.5. The van der Waals surface area contributed by atoms with Crippen molar-refractivity contribution in [1.29, 1.82) is 0 Å². The van der Waals surface area contributed by atoms with Gasteiger partial charge in [-0.1, -0.05) is 0 Å². The van der Waals surface area contributed by atoms with Crippen molar-refractivity contribution in [2.45, 2.75) is 22.3 Å². The molecule has 12 heteroatoms. The second kappa shape index (κ2) is 10.8. The van der Waals surface area contributed by atoms with Crippen LogP contribution in [0.25, 0.3) is 19.5 Å². The molecule has 6 aromatic rings. The molecule has 0 radical (unpaired) electrons. The van der Waals surface area contributed by atoms with Gasteiger partial charge in [-0.3, -0.25) is 0 Å². The number of aryl methyl sites for hydroxylation is 2. The van der Waals surface area contributed by atoms with Crippen LogP contribution in [0.5, 0.6) is 0 Å². The first-order valence-corrected chi connectivity index (χ1v) is 17.4. The minimum atomic E-state index is -3.44.